The van der Waals surface area contributed by atoms with Crippen LogP contribution in [0, 0.1) is 0 Å². The van der Waals surface area contributed by atoms with Gasteiger partial charge in [0.1, 0.15) is 6.54 Å². The van der Waals surface area contributed by atoms with E-state index in [1.165, 1.54) is 10.1 Å². The molecule has 26 heavy (non-hydrogen) atoms. The minimum Gasteiger partial charge on any atom is -0.408 e. The molecular weight excluding hydrogens is 328 g/mol. The Balaban J connectivity index is 1.36. The highest BCUT2D eigenvalue weighted by Crippen LogP contribution is 2.32. The fourth-order valence-electron chi connectivity index (χ4n) is 3.88. The fraction of sp³-hybridized carbons (Fsp3) is 0.333. The van der Waals surface area contributed by atoms with Crippen LogP contribution < -0.4 is 11.1 Å². The van der Waals surface area contributed by atoms with E-state index in [1.54, 1.807) is 18.2 Å². The molecule has 5 heteroatoms. The number of hydrogen-bond donors (Lipinski definition) is 1. The van der Waals surface area contributed by atoms with Crippen molar-refractivity contribution in [2.75, 3.05) is 0 Å². The molecule has 1 N–H and O–H groups in total. The first-order valence-electron chi connectivity index (χ1n) is 9.13. The van der Waals surface area contributed by atoms with Crippen LogP contribution in [0.15, 0.2) is 63.8 Å². The summed E-state index contributed by atoms with van der Waals surface area (Å²) in [6, 6.07) is 17.9. The summed E-state index contributed by atoms with van der Waals surface area (Å²) in [7, 11) is 0. The fourth-order valence-corrected chi connectivity index (χ4v) is 3.88. The van der Waals surface area contributed by atoms with E-state index >= 15 is 0 Å². The SMILES string of the molecule is O=C(Cn1c(=O)oc2ccccc21)NC1CCC(c2ccccc2)CC1. The molecule has 1 heterocycles. The molecule has 0 unspecified atom stereocenters. The number of nitrogens with one attached hydrogen (secondary N) is 1. The highest BCUT2D eigenvalue weighted by atomic mass is 16.4. The van der Waals surface area contributed by atoms with E-state index < -0.39 is 5.76 Å². The minimum atomic E-state index is -0.492. The number of carbonyl (C=O) groups is 1. The Hall–Kier alpha value is -2.82. The van der Waals surface area contributed by atoms with Crippen molar-refractivity contribution < 1.29 is 9.21 Å². The van der Waals surface area contributed by atoms with Crippen molar-refractivity contribution in [1.29, 1.82) is 0 Å². The maximum atomic E-state index is 12.4. The van der Waals surface area contributed by atoms with Gasteiger partial charge in [-0.05, 0) is 49.3 Å². The van der Waals surface area contributed by atoms with Gasteiger partial charge in [-0.1, -0.05) is 42.5 Å². The van der Waals surface area contributed by atoms with Gasteiger partial charge in [-0.15, -0.1) is 0 Å². The Labute approximate surface area is 151 Å². The molecule has 0 radical (unpaired) electrons. The molecule has 0 atom stereocenters. The molecule has 5 nitrogen and oxygen atoms in total. The van der Waals surface area contributed by atoms with Crippen LogP contribution in [0.1, 0.15) is 37.2 Å². The van der Waals surface area contributed by atoms with Crippen molar-refractivity contribution in [3.8, 4) is 0 Å². The van der Waals surface area contributed by atoms with Gasteiger partial charge in [0.05, 0.1) is 5.52 Å². The second-order valence-electron chi connectivity index (χ2n) is 6.95. The molecule has 3 aromatic rings. The van der Waals surface area contributed by atoms with Crippen molar-refractivity contribution in [2.24, 2.45) is 0 Å². The monoisotopic (exact) mass is 350 g/mol. The second-order valence-corrected chi connectivity index (χ2v) is 6.95. The Morgan fingerprint density at radius 2 is 1.69 bits per heavy atom. The van der Waals surface area contributed by atoms with Crippen LogP contribution in [0.25, 0.3) is 11.1 Å². The molecule has 4 rings (SSSR count). The van der Waals surface area contributed by atoms with Gasteiger partial charge >= 0.3 is 5.76 Å². The number of hydrogen-bond acceptors (Lipinski definition) is 3. The lowest BCUT2D eigenvalue weighted by Gasteiger charge is -2.29. The molecule has 0 aliphatic heterocycles. The molecule has 1 fully saturated rings. The maximum absolute atomic E-state index is 12.4. The number of oxazole rings is 1. The van der Waals surface area contributed by atoms with Gasteiger partial charge in [0, 0.05) is 6.04 Å². The van der Waals surface area contributed by atoms with Crippen LogP contribution in [-0.2, 0) is 11.3 Å². The van der Waals surface area contributed by atoms with E-state index in [0.29, 0.717) is 17.0 Å². The predicted octanol–water partition coefficient (Wildman–Crippen LogP) is 3.44. The van der Waals surface area contributed by atoms with Crippen LogP contribution in [0.5, 0.6) is 0 Å². The van der Waals surface area contributed by atoms with Crippen LogP contribution in [0.2, 0.25) is 0 Å². The van der Waals surface area contributed by atoms with E-state index in [0.717, 1.165) is 25.7 Å². The molecule has 1 amide bonds. The summed E-state index contributed by atoms with van der Waals surface area (Å²) in [5.74, 6) is -0.0549. The minimum absolute atomic E-state index is 0.00550. The number of carbonyl (C=O) groups excluding carboxylic acids is 1. The van der Waals surface area contributed by atoms with Crippen molar-refractivity contribution in [3.63, 3.8) is 0 Å². The Morgan fingerprint density at radius 1 is 1.00 bits per heavy atom. The first-order chi connectivity index (χ1) is 12.7. The highest BCUT2D eigenvalue weighted by molar-refractivity contribution is 5.79. The number of amides is 1. The van der Waals surface area contributed by atoms with Crippen LogP contribution in [0.4, 0.5) is 0 Å². The second kappa shape index (κ2) is 7.20. The summed E-state index contributed by atoms with van der Waals surface area (Å²) in [4.78, 5) is 24.4. The van der Waals surface area contributed by atoms with Crippen molar-refractivity contribution in [1.82, 2.24) is 9.88 Å². The van der Waals surface area contributed by atoms with Gasteiger partial charge in [-0.2, -0.15) is 0 Å². The topological polar surface area (TPSA) is 64.2 Å². The first-order valence-corrected chi connectivity index (χ1v) is 9.13. The van der Waals surface area contributed by atoms with Crippen molar-refractivity contribution in [3.05, 3.63) is 70.7 Å². The Bertz CT molecular complexity index is 950. The van der Waals surface area contributed by atoms with Gasteiger partial charge in [-0.3, -0.25) is 9.36 Å². The summed E-state index contributed by atoms with van der Waals surface area (Å²) in [5.41, 5.74) is 2.54. The first kappa shape index (κ1) is 16.6. The smallest absolute Gasteiger partial charge is 0.408 e. The van der Waals surface area contributed by atoms with E-state index in [9.17, 15) is 9.59 Å². The third kappa shape index (κ3) is 3.43. The Kier molecular flexibility index (Phi) is 4.61. The van der Waals surface area contributed by atoms with Crippen LogP contribution in [0.3, 0.4) is 0 Å². The largest absolute Gasteiger partial charge is 0.420 e. The standard InChI is InChI=1S/C21H22N2O3/c24-20(14-23-18-8-4-5-9-19(18)26-21(23)25)22-17-12-10-16(11-13-17)15-6-2-1-3-7-15/h1-9,16-17H,10-14H2,(H,22,24). The molecule has 0 saturated heterocycles. The molecule has 1 aliphatic rings. The molecule has 1 aromatic heterocycles. The molecule has 0 spiro atoms. The zero-order valence-electron chi connectivity index (χ0n) is 14.6. The third-order valence-corrected chi connectivity index (χ3v) is 5.24. The molecule has 134 valence electrons. The summed E-state index contributed by atoms with van der Waals surface area (Å²) in [6.45, 7) is -0.00550. The highest BCUT2D eigenvalue weighted by Gasteiger charge is 2.24. The van der Waals surface area contributed by atoms with Crippen molar-refractivity contribution >= 4 is 17.0 Å². The summed E-state index contributed by atoms with van der Waals surface area (Å²) in [5, 5.41) is 3.08. The van der Waals surface area contributed by atoms with Gasteiger partial charge in [0.25, 0.3) is 0 Å². The van der Waals surface area contributed by atoms with E-state index in [4.69, 9.17) is 4.42 Å². The molecule has 1 aliphatic carbocycles. The summed E-state index contributed by atoms with van der Waals surface area (Å²) in [6.07, 6.45) is 4.08. The molecular formula is C21H22N2O3. The normalized spacial score (nSPS) is 20.2. The lowest BCUT2D eigenvalue weighted by Crippen LogP contribution is -2.40. The van der Waals surface area contributed by atoms with Gasteiger partial charge in [-0.25, -0.2) is 4.79 Å². The summed E-state index contributed by atoms with van der Waals surface area (Å²) >= 11 is 0. The van der Waals surface area contributed by atoms with E-state index in [1.807, 2.05) is 12.1 Å². The lowest BCUT2D eigenvalue weighted by molar-refractivity contribution is -0.122. The van der Waals surface area contributed by atoms with Crippen molar-refractivity contribution in [2.45, 2.75) is 44.2 Å². The molecule has 1 saturated carbocycles. The predicted molar refractivity (Wildman–Crippen MR) is 100 cm³/mol. The van der Waals surface area contributed by atoms with Crippen LogP contribution >= 0.6 is 0 Å². The Morgan fingerprint density at radius 3 is 2.46 bits per heavy atom. The van der Waals surface area contributed by atoms with Gasteiger partial charge in [0.15, 0.2) is 5.58 Å². The quantitative estimate of drug-likeness (QED) is 0.784. The lowest BCUT2D eigenvalue weighted by atomic mass is 9.82. The number of aromatic nitrogens is 1. The molecule has 0 bridgehead atoms. The van der Waals surface area contributed by atoms with Gasteiger partial charge in [0.2, 0.25) is 5.91 Å². The van der Waals surface area contributed by atoms with Crippen LogP contribution in [-0.4, -0.2) is 16.5 Å². The van der Waals surface area contributed by atoms with E-state index in [-0.39, 0.29) is 18.5 Å². The zero-order valence-corrected chi connectivity index (χ0v) is 14.6. The number of nitrogens with zero attached hydrogens (tertiary/aromatic N) is 1. The maximum Gasteiger partial charge on any atom is 0.420 e. The van der Waals surface area contributed by atoms with Gasteiger partial charge < -0.3 is 9.73 Å². The average Bonchev–Trinajstić information content (AvgIpc) is 2.98. The average molecular weight is 350 g/mol. The third-order valence-electron chi connectivity index (χ3n) is 5.24. The number of benzene rings is 2. The summed E-state index contributed by atoms with van der Waals surface area (Å²) < 4.78 is 6.57. The zero-order chi connectivity index (χ0) is 17.9. The number of para-hydroxylation sites is 2. The van der Waals surface area contributed by atoms with E-state index in [2.05, 4.69) is 29.6 Å². The molecule has 2 aromatic carbocycles. The number of rotatable bonds is 4. The number of fused-ring (bicyclic) bond motifs is 1.